The molecule has 2 heterocycles. The molecule has 2 aliphatic rings. The van der Waals surface area contributed by atoms with E-state index >= 15 is 0 Å². The van der Waals surface area contributed by atoms with Gasteiger partial charge >= 0.3 is 0 Å². The minimum atomic E-state index is 0.0222. The summed E-state index contributed by atoms with van der Waals surface area (Å²) in [6.45, 7) is 7.15. The molecule has 1 atom stereocenters. The lowest BCUT2D eigenvalue weighted by molar-refractivity contribution is -0.140. The first-order chi connectivity index (χ1) is 9.60. The Morgan fingerprint density at radius 2 is 2.05 bits per heavy atom. The van der Waals surface area contributed by atoms with Gasteiger partial charge in [0.25, 0.3) is 0 Å². The Kier molecular flexibility index (Phi) is 5.81. The highest BCUT2D eigenvalue weighted by molar-refractivity contribution is 5.76. The van der Waals surface area contributed by atoms with Crippen LogP contribution in [0, 0.1) is 0 Å². The van der Waals surface area contributed by atoms with Crippen molar-refractivity contribution in [3.63, 3.8) is 0 Å². The van der Waals surface area contributed by atoms with E-state index < -0.39 is 0 Å². The summed E-state index contributed by atoms with van der Waals surface area (Å²) in [5.41, 5.74) is 0.0222. The lowest BCUT2D eigenvalue weighted by atomic mass is 9.84. The Balaban J connectivity index is 1.69. The first kappa shape index (κ1) is 15.7. The van der Waals surface area contributed by atoms with Gasteiger partial charge in [0.05, 0.1) is 5.60 Å². The predicted octanol–water partition coefficient (Wildman–Crippen LogP) is 1.22. The molecule has 20 heavy (non-hydrogen) atoms. The fraction of sp³-hybridized carbons (Fsp3) is 0.933. The van der Waals surface area contributed by atoms with E-state index in [9.17, 15) is 4.79 Å². The van der Waals surface area contributed by atoms with Gasteiger partial charge in [0.2, 0.25) is 5.91 Å². The van der Waals surface area contributed by atoms with Crippen LogP contribution in [0.15, 0.2) is 0 Å². The van der Waals surface area contributed by atoms with Crippen LogP contribution in [0.5, 0.6) is 0 Å². The Labute approximate surface area is 121 Å². The molecule has 2 aliphatic heterocycles. The van der Waals surface area contributed by atoms with Crippen LogP contribution in [0.3, 0.4) is 0 Å². The fourth-order valence-corrected chi connectivity index (χ4v) is 3.08. The predicted molar refractivity (Wildman–Crippen MR) is 77.7 cm³/mol. The smallest absolute Gasteiger partial charge is 0.221 e. The second-order valence-electron chi connectivity index (χ2n) is 6.26. The molecule has 1 amide bonds. The minimum Gasteiger partial charge on any atom is -0.381 e. The maximum atomic E-state index is 11.6. The summed E-state index contributed by atoms with van der Waals surface area (Å²) >= 11 is 0. The molecule has 0 aromatic rings. The summed E-state index contributed by atoms with van der Waals surface area (Å²) < 4.78 is 11.4. The van der Waals surface area contributed by atoms with Crippen LogP contribution < -0.4 is 10.6 Å². The van der Waals surface area contributed by atoms with Crippen LogP contribution in [0.2, 0.25) is 0 Å². The topological polar surface area (TPSA) is 59.6 Å². The molecule has 2 N–H and O–H groups in total. The second-order valence-corrected chi connectivity index (χ2v) is 6.26. The average Bonchev–Trinajstić information content (AvgIpc) is 2.39. The summed E-state index contributed by atoms with van der Waals surface area (Å²) in [4.78, 5) is 11.6. The molecule has 1 spiro atoms. The van der Waals surface area contributed by atoms with E-state index in [1.165, 1.54) is 0 Å². The SMILES string of the molecule is CC(C)NC(=O)CCNC1CCOC2(CCOCC2)C1. The highest BCUT2D eigenvalue weighted by atomic mass is 16.5. The number of hydrogen-bond acceptors (Lipinski definition) is 4. The molecular formula is C15H28N2O3. The molecule has 5 heteroatoms. The van der Waals surface area contributed by atoms with Crippen molar-refractivity contribution in [3.05, 3.63) is 0 Å². The number of amides is 1. The van der Waals surface area contributed by atoms with Crippen LogP contribution in [-0.2, 0) is 14.3 Å². The quantitative estimate of drug-likeness (QED) is 0.797. The van der Waals surface area contributed by atoms with Crippen molar-refractivity contribution in [2.24, 2.45) is 0 Å². The van der Waals surface area contributed by atoms with Crippen molar-refractivity contribution in [2.75, 3.05) is 26.4 Å². The molecule has 1 unspecified atom stereocenters. The first-order valence-electron chi connectivity index (χ1n) is 7.84. The maximum absolute atomic E-state index is 11.6. The van der Waals surface area contributed by atoms with Gasteiger partial charge in [-0.3, -0.25) is 4.79 Å². The van der Waals surface area contributed by atoms with Gasteiger partial charge in [-0.25, -0.2) is 0 Å². The second kappa shape index (κ2) is 7.38. The van der Waals surface area contributed by atoms with Gasteiger partial charge < -0.3 is 20.1 Å². The van der Waals surface area contributed by atoms with E-state index in [0.29, 0.717) is 12.5 Å². The van der Waals surface area contributed by atoms with E-state index in [1.807, 2.05) is 13.8 Å². The molecule has 2 rings (SSSR count). The van der Waals surface area contributed by atoms with Gasteiger partial charge in [0.15, 0.2) is 0 Å². The first-order valence-corrected chi connectivity index (χ1v) is 7.84. The summed E-state index contributed by atoms with van der Waals surface area (Å²) in [6, 6.07) is 0.685. The van der Waals surface area contributed by atoms with E-state index in [-0.39, 0.29) is 17.6 Å². The van der Waals surface area contributed by atoms with Gasteiger partial charge in [-0.1, -0.05) is 0 Å². The highest BCUT2D eigenvalue weighted by Crippen LogP contribution is 2.34. The molecule has 5 nitrogen and oxygen atoms in total. The highest BCUT2D eigenvalue weighted by Gasteiger charge is 2.38. The van der Waals surface area contributed by atoms with Gasteiger partial charge in [-0.15, -0.1) is 0 Å². The Hall–Kier alpha value is -0.650. The number of rotatable bonds is 5. The molecule has 116 valence electrons. The number of nitrogens with one attached hydrogen (secondary N) is 2. The third-order valence-electron chi connectivity index (χ3n) is 4.13. The third kappa shape index (κ3) is 4.72. The van der Waals surface area contributed by atoms with Crippen molar-refractivity contribution < 1.29 is 14.3 Å². The van der Waals surface area contributed by atoms with E-state index in [1.54, 1.807) is 0 Å². The van der Waals surface area contributed by atoms with Crippen LogP contribution >= 0.6 is 0 Å². The zero-order valence-corrected chi connectivity index (χ0v) is 12.7. The fourth-order valence-electron chi connectivity index (χ4n) is 3.08. The average molecular weight is 284 g/mol. The number of carbonyl (C=O) groups is 1. The standard InChI is InChI=1S/C15H28N2O3/c1-12(2)17-14(18)3-7-16-13-4-8-20-15(11-13)5-9-19-10-6-15/h12-13,16H,3-11H2,1-2H3,(H,17,18). The molecule has 2 fully saturated rings. The lowest BCUT2D eigenvalue weighted by Crippen LogP contribution is -2.50. The van der Waals surface area contributed by atoms with Gasteiger partial charge in [-0.05, 0) is 39.5 Å². The van der Waals surface area contributed by atoms with Crippen LogP contribution in [0.25, 0.3) is 0 Å². The third-order valence-corrected chi connectivity index (χ3v) is 4.13. The van der Waals surface area contributed by atoms with Gasteiger partial charge in [0.1, 0.15) is 0 Å². The molecule has 0 radical (unpaired) electrons. The van der Waals surface area contributed by atoms with Crippen LogP contribution in [0.4, 0.5) is 0 Å². The molecule has 0 bridgehead atoms. The largest absolute Gasteiger partial charge is 0.381 e. The monoisotopic (exact) mass is 284 g/mol. The summed E-state index contributed by atoms with van der Waals surface area (Å²) in [6.07, 6.45) is 4.63. The molecule has 0 aliphatic carbocycles. The van der Waals surface area contributed by atoms with Crippen molar-refractivity contribution in [1.82, 2.24) is 10.6 Å². The zero-order chi connectivity index (χ0) is 14.4. The lowest BCUT2D eigenvalue weighted by Gasteiger charge is -2.43. The Morgan fingerprint density at radius 3 is 2.75 bits per heavy atom. The normalized spacial score (nSPS) is 25.9. The van der Waals surface area contributed by atoms with E-state index in [0.717, 1.165) is 52.0 Å². The molecule has 0 saturated carbocycles. The zero-order valence-electron chi connectivity index (χ0n) is 12.7. The maximum Gasteiger partial charge on any atom is 0.221 e. The molecule has 0 aromatic heterocycles. The molecular weight excluding hydrogens is 256 g/mol. The number of ether oxygens (including phenoxy) is 2. The van der Waals surface area contributed by atoms with E-state index in [4.69, 9.17) is 9.47 Å². The van der Waals surface area contributed by atoms with Crippen LogP contribution in [0.1, 0.15) is 46.0 Å². The Bertz CT molecular complexity index is 309. The van der Waals surface area contributed by atoms with Crippen molar-refractivity contribution >= 4 is 5.91 Å². The van der Waals surface area contributed by atoms with E-state index in [2.05, 4.69) is 10.6 Å². The molecule has 0 aromatic carbocycles. The van der Waals surface area contributed by atoms with Crippen molar-refractivity contribution in [1.29, 1.82) is 0 Å². The summed E-state index contributed by atoms with van der Waals surface area (Å²) in [5, 5.41) is 6.43. The summed E-state index contributed by atoms with van der Waals surface area (Å²) in [5.74, 6) is 0.125. The van der Waals surface area contributed by atoms with Crippen molar-refractivity contribution in [2.45, 2.75) is 63.6 Å². The number of hydrogen-bond donors (Lipinski definition) is 2. The Morgan fingerprint density at radius 1 is 1.30 bits per heavy atom. The van der Waals surface area contributed by atoms with Crippen LogP contribution in [-0.4, -0.2) is 50.0 Å². The molecule has 2 saturated heterocycles. The number of carbonyl (C=O) groups excluding carboxylic acids is 1. The van der Waals surface area contributed by atoms with Crippen molar-refractivity contribution in [3.8, 4) is 0 Å². The summed E-state index contributed by atoms with van der Waals surface area (Å²) in [7, 11) is 0. The van der Waals surface area contributed by atoms with Gasteiger partial charge in [0, 0.05) is 44.9 Å². The minimum absolute atomic E-state index is 0.0222. The van der Waals surface area contributed by atoms with Gasteiger partial charge in [-0.2, -0.15) is 0 Å².